The molecule has 0 unspecified atom stereocenters. The molecule has 0 amide bonds. The molecular formula is C32H38O9Si. The highest BCUT2D eigenvalue weighted by Crippen LogP contribution is 2.40. The van der Waals surface area contributed by atoms with Crippen molar-refractivity contribution in [2.75, 3.05) is 34.4 Å². The van der Waals surface area contributed by atoms with Crippen LogP contribution in [0.5, 0.6) is 11.5 Å². The molecule has 0 spiro atoms. The number of rotatable bonds is 11. The molecule has 0 fully saturated rings. The molecule has 224 valence electrons. The van der Waals surface area contributed by atoms with Crippen LogP contribution in [0.25, 0.3) is 22.1 Å². The maximum Gasteiger partial charge on any atom is 0.339 e. The van der Waals surface area contributed by atoms with Crippen molar-refractivity contribution in [1.29, 1.82) is 0 Å². The second-order valence-corrected chi connectivity index (χ2v) is 17.3. The van der Waals surface area contributed by atoms with Crippen LogP contribution in [0.1, 0.15) is 45.1 Å². The Kier molecular flexibility index (Phi) is 9.39. The summed E-state index contributed by atoms with van der Waals surface area (Å²) < 4.78 is 33.1. The Bertz CT molecular complexity index is 1630. The molecule has 0 N–H and O–H groups in total. The number of ketones is 1. The molecule has 1 heterocycles. The van der Waals surface area contributed by atoms with E-state index in [0.717, 1.165) is 22.7 Å². The van der Waals surface area contributed by atoms with Gasteiger partial charge in [0.2, 0.25) is 5.43 Å². The average Bonchev–Trinajstić information content (AvgIpc) is 2.92. The van der Waals surface area contributed by atoms with Gasteiger partial charge >= 0.3 is 5.97 Å². The van der Waals surface area contributed by atoms with Gasteiger partial charge in [0.15, 0.2) is 30.9 Å². The monoisotopic (exact) mass is 594 g/mol. The molecule has 9 nitrogen and oxygen atoms in total. The van der Waals surface area contributed by atoms with E-state index in [2.05, 4.69) is 19.6 Å². The number of carbonyl (C=O) groups is 2. The summed E-state index contributed by atoms with van der Waals surface area (Å²) in [6.45, 7) is 12.3. The number of Topliss-reactive ketones (excluding diaryl/α,β-unsaturated/α-hetero) is 1. The Morgan fingerprint density at radius 1 is 0.929 bits per heavy atom. The molecular weight excluding hydrogens is 556 g/mol. The fourth-order valence-electron chi connectivity index (χ4n) is 4.99. The van der Waals surface area contributed by atoms with E-state index in [9.17, 15) is 14.4 Å². The highest BCUT2D eigenvalue weighted by molar-refractivity contribution is 6.76. The van der Waals surface area contributed by atoms with E-state index in [0.29, 0.717) is 22.6 Å². The molecule has 2 aromatic carbocycles. The summed E-state index contributed by atoms with van der Waals surface area (Å²) in [5, 5.41) is 0.111. The fraction of sp³-hybridized carbons (Fsp3) is 0.406. The third kappa shape index (κ3) is 6.35. The lowest BCUT2D eigenvalue weighted by molar-refractivity contribution is -0.113. The quantitative estimate of drug-likeness (QED) is 0.152. The number of benzene rings is 2. The summed E-state index contributed by atoms with van der Waals surface area (Å²) in [4.78, 5) is 41.1. The molecule has 1 aromatic heterocycles. The zero-order valence-corrected chi connectivity index (χ0v) is 26.5. The third-order valence-electron chi connectivity index (χ3n) is 7.39. The van der Waals surface area contributed by atoms with Gasteiger partial charge in [0.1, 0.15) is 11.8 Å². The lowest BCUT2D eigenvalue weighted by Gasteiger charge is -2.23. The van der Waals surface area contributed by atoms with Crippen LogP contribution in [0.2, 0.25) is 25.7 Å². The molecule has 10 heteroatoms. The van der Waals surface area contributed by atoms with E-state index in [1.54, 1.807) is 32.0 Å². The van der Waals surface area contributed by atoms with Crippen LogP contribution in [0.4, 0.5) is 0 Å². The van der Waals surface area contributed by atoms with Gasteiger partial charge in [-0.1, -0.05) is 19.6 Å². The van der Waals surface area contributed by atoms with Crippen molar-refractivity contribution in [2.24, 2.45) is 0 Å². The van der Waals surface area contributed by atoms with Gasteiger partial charge in [-0.25, -0.2) is 4.79 Å². The molecule has 1 aliphatic rings. The molecule has 1 aliphatic carbocycles. The number of methoxy groups -OCH3 is 2. The van der Waals surface area contributed by atoms with E-state index in [1.807, 2.05) is 6.92 Å². The molecule has 0 atom stereocenters. The molecule has 0 saturated carbocycles. The summed E-state index contributed by atoms with van der Waals surface area (Å²) >= 11 is 0. The summed E-state index contributed by atoms with van der Waals surface area (Å²) in [7, 11) is 1.57. The number of ether oxygens (including phenoxy) is 5. The number of hydrogen-bond acceptors (Lipinski definition) is 9. The molecule has 0 saturated heterocycles. The van der Waals surface area contributed by atoms with Gasteiger partial charge in [-0.05, 0) is 72.8 Å². The van der Waals surface area contributed by atoms with Gasteiger partial charge in [-0.15, -0.1) is 0 Å². The first kappa shape index (κ1) is 31.2. The number of aryl methyl sites for hydroxylation is 1. The molecule has 0 bridgehead atoms. The van der Waals surface area contributed by atoms with Gasteiger partial charge in [0.05, 0.1) is 23.1 Å². The standard InChI is InChI=1S/C32H38O9Si/c1-18-11-27-30(29(19(18)2)32(35)38-9-10-42(6,7)8)31(34)23(15-39-27)28-20(3)22-14-26(41-17-37-5)25(40-16-36-4)13-21(22)12-24(28)33/h11,13-15H,9-10,12,16-17H2,1-8H3. The zero-order valence-electron chi connectivity index (χ0n) is 25.5. The van der Waals surface area contributed by atoms with E-state index < -0.39 is 19.5 Å². The minimum atomic E-state index is -1.44. The SMILES string of the molecule is COCOc1cc2c(cc1OCOC)C(C)=C(c1coc3cc(C)c(C)c(C(=O)OCC[Si](C)(C)C)c3c1=O)C(=O)C2. The maximum absolute atomic E-state index is 14.1. The maximum atomic E-state index is 14.1. The Hall–Kier alpha value is -3.73. The van der Waals surface area contributed by atoms with Crippen molar-refractivity contribution in [3.05, 3.63) is 68.1 Å². The van der Waals surface area contributed by atoms with E-state index in [4.69, 9.17) is 28.1 Å². The summed E-state index contributed by atoms with van der Waals surface area (Å²) in [5.41, 5.74) is 3.77. The lowest BCUT2D eigenvalue weighted by atomic mass is 9.82. The first-order valence-corrected chi connectivity index (χ1v) is 17.5. The second kappa shape index (κ2) is 12.6. The number of hydrogen-bond donors (Lipinski definition) is 0. The third-order valence-corrected chi connectivity index (χ3v) is 9.09. The van der Waals surface area contributed by atoms with Crippen molar-refractivity contribution in [2.45, 2.75) is 52.9 Å². The number of fused-ring (bicyclic) bond motifs is 2. The van der Waals surface area contributed by atoms with Crippen LogP contribution in [-0.2, 0) is 25.4 Å². The Morgan fingerprint density at radius 2 is 1.57 bits per heavy atom. The topological polar surface area (TPSA) is 110 Å². The number of allylic oxidation sites excluding steroid dienone is 2. The fourth-order valence-corrected chi connectivity index (χ4v) is 5.70. The first-order chi connectivity index (χ1) is 19.9. The van der Waals surface area contributed by atoms with E-state index in [1.165, 1.54) is 20.5 Å². The second-order valence-electron chi connectivity index (χ2n) is 11.6. The number of esters is 1. The van der Waals surface area contributed by atoms with Crippen LogP contribution in [-0.4, -0.2) is 54.2 Å². The van der Waals surface area contributed by atoms with Crippen molar-refractivity contribution in [3.8, 4) is 11.5 Å². The van der Waals surface area contributed by atoms with E-state index in [-0.39, 0.29) is 60.1 Å². The van der Waals surface area contributed by atoms with Crippen LogP contribution >= 0.6 is 0 Å². The minimum absolute atomic E-state index is 0.00388. The van der Waals surface area contributed by atoms with Crippen molar-refractivity contribution in [3.63, 3.8) is 0 Å². The minimum Gasteiger partial charge on any atom is -0.464 e. The van der Waals surface area contributed by atoms with Gasteiger partial charge in [-0.3, -0.25) is 9.59 Å². The van der Waals surface area contributed by atoms with Crippen molar-refractivity contribution >= 4 is 41.9 Å². The van der Waals surface area contributed by atoms with Crippen LogP contribution in [0.3, 0.4) is 0 Å². The van der Waals surface area contributed by atoms with Crippen LogP contribution in [0, 0.1) is 13.8 Å². The molecule has 4 rings (SSSR count). The van der Waals surface area contributed by atoms with Gasteiger partial charge < -0.3 is 28.1 Å². The van der Waals surface area contributed by atoms with Crippen LogP contribution in [0.15, 0.2) is 33.7 Å². The average molecular weight is 595 g/mol. The highest BCUT2D eigenvalue weighted by Gasteiger charge is 2.30. The number of carbonyl (C=O) groups excluding carboxylic acids is 2. The normalized spacial score (nSPS) is 13.4. The van der Waals surface area contributed by atoms with Crippen LogP contribution < -0.4 is 14.9 Å². The lowest BCUT2D eigenvalue weighted by Crippen LogP contribution is -2.24. The first-order valence-electron chi connectivity index (χ1n) is 13.8. The zero-order chi connectivity index (χ0) is 30.8. The predicted octanol–water partition coefficient (Wildman–Crippen LogP) is 5.93. The smallest absolute Gasteiger partial charge is 0.339 e. The summed E-state index contributed by atoms with van der Waals surface area (Å²) in [6, 6.07) is 6.03. The molecule has 0 aliphatic heterocycles. The molecule has 3 aromatic rings. The summed E-state index contributed by atoms with van der Waals surface area (Å²) in [5.74, 6) is -0.0119. The van der Waals surface area contributed by atoms with Crippen molar-refractivity contribution in [1.82, 2.24) is 0 Å². The molecule has 0 radical (unpaired) electrons. The summed E-state index contributed by atoms with van der Waals surface area (Å²) in [6.07, 6.45) is 1.34. The predicted molar refractivity (Wildman–Crippen MR) is 163 cm³/mol. The Morgan fingerprint density at radius 3 is 2.19 bits per heavy atom. The highest BCUT2D eigenvalue weighted by atomic mass is 28.3. The molecule has 42 heavy (non-hydrogen) atoms. The van der Waals surface area contributed by atoms with E-state index >= 15 is 0 Å². The van der Waals surface area contributed by atoms with Crippen molar-refractivity contribution < 1.29 is 37.7 Å². The largest absolute Gasteiger partial charge is 0.464 e. The Balaban J connectivity index is 1.87. The van der Waals surface area contributed by atoms with Gasteiger partial charge in [0.25, 0.3) is 0 Å². The van der Waals surface area contributed by atoms with Gasteiger partial charge in [-0.2, -0.15) is 0 Å². The Labute approximate surface area is 246 Å². The van der Waals surface area contributed by atoms with Gasteiger partial charge in [0, 0.05) is 34.3 Å².